The number of hydrogen-bond acceptors (Lipinski definition) is 2. The van der Waals surface area contributed by atoms with Gasteiger partial charge in [-0.15, -0.1) is 0 Å². The highest BCUT2D eigenvalue weighted by Gasteiger charge is 2.36. The zero-order valence-electron chi connectivity index (χ0n) is 14.0. The summed E-state index contributed by atoms with van der Waals surface area (Å²) >= 11 is 0. The second-order valence-electron chi connectivity index (χ2n) is 7.15. The standard InChI is InChI=1S/C17H25NO3Si/c1-17(2,3)22(4,5)21-11-10-18-14-9-7-6-8-13(14)12-15(18)16(19)20/h6-9,12H,10-11H2,1-5H3,(H,19,20). The van der Waals surface area contributed by atoms with E-state index in [0.717, 1.165) is 10.9 Å². The maximum absolute atomic E-state index is 11.5. The highest BCUT2D eigenvalue weighted by Crippen LogP contribution is 2.36. The van der Waals surface area contributed by atoms with Crippen LogP contribution in [0.5, 0.6) is 0 Å². The van der Waals surface area contributed by atoms with Crippen LogP contribution < -0.4 is 0 Å². The molecule has 0 bridgehead atoms. The number of para-hydroxylation sites is 1. The second kappa shape index (κ2) is 5.89. The highest BCUT2D eigenvalue weighted by atomic mass is 28.4. The van der Waals surface area contributed by atoms with Crippen LogP contribution in [0, 0.1) is 0 Å². The molecule has 22 heavy (non-hydrogen) atoms. The molecule has 2 rings (SSSR count). The lowest BCUT2D eigenvalue weighted by molar-refractivity contribution is 0.0684. The van der Waals surface area contributed by atoms with Crippen molar-refractivity contribution in [1.82, 2.24) is 4.57 Å². The fourth-order valence-corrected chi connectivity index (χ4v) is 3.27. The molecule has 0 amide bonds. The molecule has 0 aliphatic heterocycles. The second-order valence-corrected chi connectivity index (χ2v) is 12.0. The monoisotopic (exact) mass is 319 g/mol. The van der Waals surface area contributed by atoms with E-state index in [1.54, 1.807) is 6.07 Å². The number of carboxylic acid groups (broad SMARTS) is 1. The van der Waals surface area contributed by atoms with Crippen molar-refractivity contribution in [2.24, 2.45) is 0 Å². The van der Waals surface area contributed by atoms with E-state index in [1.807, 2.05) is 28.8 Å². The van der Waals surface area contributed by atoms with Gasteiger partial charge in [0.05, 0.1) is 6.61 Å². The number of carboxylic acids is 1. The molecule has 0 spiro atoms. The van der Waals surface area contributed by atoms with Gasteiger partial charge in [-0.05, 0) is 30.3 Å². The van der Waals surface area contributed by atoms with Crippen LogP contribution in [0.15, 0.2) is 30.3 Å². The Labute approximate surface area is 132 Å². The average molecular weight is 319 g/mol. The van der Waals surface area contributed by atoms with Crippen LogP contribution in [-0.2, 0) is 11.0 Å². The molecular weight excluding hydrogens is 294 g/mol. The van der Waals surface area contributed by atoms with Crippen LogP contribution in [0.25, 0.3) is 10.9 Å². The third-order valence-electron chi connectivity index (χ3n) is 4.61. The summed E-state index contributed by atoms with van der Waals surface area (Å²) in [6.45, 7) is 12.1. The van der Waals surface area contributed by atoms with Gasteiger partial charge in [0.15, 0.2) is 8.32 Å². The largest absolute Gasteiger partial charge is 0.477 e. The predicted molar refractivity (Wildman–Crippen MR) is 92.0 cm³/mol. The number of aromatic carboxylic acids is 1. The fourth-order valence-electron chi connectivity index (χ4n) is 2.24. The van der Waals surface area contributed by atoms with E-state index in [-0.39, 0.29) is 5.04 Å². The quantitative estimate of drug-likeness (QED) is 0.833. The van der Waals surface area contributed by atoms with E-state index in [1.165, 1.54) is 0 Å². The van der Waals surface area contributed by atoms with Crippen LogP contribution >= 0.6 is 0 Å². The molecule has 0 radical (unpaired) electrons. The number of rotatable bonds is 5. The molecule has 120 valence electrons. The summed E-state index contributed by atoms with van der Waals surface area (Å²) in [6.07, 6.45) is 0. The van der Waals surface area contributed by atoms with E-state index >= 15 is 0 Å². The number of fused-ring (bicyclic) bond motifs is 1. The molecule has 0 aliphatic carbocycles. The molecule has 1 aromatic carbocycles. The van der Waals surface area contributed by atoms with Crippen molar-refractivity contribution in [2.75, 3.05) is 6.61 Å². The van der Waals surface area contributed by atoms with Gasteiger partial charge in [0.1, 0.15) is 5.69 Å². The molecule has 0 saturated heterocycles. The number of nitrogens with zero attached hydrogens (tertiary/aromatic N) is 1. The van der Waals surface area contributed by atoms with Gasteiger partial charge in [0.25, 0.3) is 0 Å². The lowest BCUT2D eigenvalue weighted by Crippen LogP contribution is -2.41. The molecule has 5 heteroatoms. The summed E-state index contributed by atoms with van der Waals surface area (Å²) in [5.41, 5.74) is 1.26. The summed E-state index contributed by atoms with van der Waals surface area (Å²) in [5.74, 6) is -0.900. The van der Waals surface area contributed by atoms with Crippen LogP contribution in [0.4, 0.5) is 0 Å². The number of carbonyl (C=O) groups is 1. The molecule has 0 atom stereocenters. The zero-order chi connectivity index (χ0) is 16.5. The van der Waals surface area contributed by atoms with E-state index in [4.69, 9.17) is 4.43 Å². The highest BCUT2D eigenvalue weighted by molar-refractivity contribution is 6.74. The van der Waals surface area contributed by atoms with Gasteiger partial charge in [0, 0.05) is 17.4 Å². The van der Waals surface area contributed by atoms with Gasteiger partial charge >= 0.3 is 5.97 Å². The maximum atomic E-state index is 11.5. The lowest BCUT2D eigenvalue weighted by atomic mass is 10.2. The topological polar surface area (TPSA) is 51.5 Å². The van der Waals surface area contributed by atoms with Gasteiger partial charge in [-0.3, -0.25) is 0 Å². The molecule has 1 N–H and O–H groups in total. The summed E-state index contributed by atoms with van der Waals surface area (Å²) in [4.78, 5) is 11.5. The minimum absolute atomic E-state index is 0.154. The van der Waals surface area contributed by atoms with E-state index in [0.29, 0.717) is 18.8 Å². The molecule has 0 unspecified atom stereocenters. The normalized spacial score (nSPS) is 12.8. The van der Waals surface area contributed by atoms with Crippen molar-refractivity contribution in [3.8, 4) is 0 Å². The molecule has 0 fully saturated rings. The Kier molecular flexibility index (Phi) is 4.49. The van der Waals surface area contributed by atoms with E-state index < -0.39 is 14.3 Å². The summed E-state index contributed by atoms with van der Waals surface area (Å²) in [7, 11) is -1.81. The molecule has 1 aromatic heterocycles. The van der Waals surface area contributed by atoms with Gasteiger partial charge in [0.2, 0.25) is 0 Å². The number of benzene rings is 1. The van der Waals surface area contributed by atoms with Gasteiger partial charge < -0.3 is 14.1 Å². The molecular formula is C17H25NO3Si. The number of hydrogen-bond donors (Lipinski definition) is 1. The lowest BCUT2D eigenvalue weighted by Gasteiger charge is -2.36. The van der Waals surface area contributed by atoms with Gasteiger partial charge in [-0.25, -0.2) is 4.79 Å². The van der Waals surface area contributed by atoms with E-state index in [2.05, 4.69) is 33.9 Å². The van der Waals surface area contributed by atoms with Gasteiger partial charge in [-0.1, -0.05) is 39.0 Å². The average Bonchev–Trinajstić information content (AvgIpc) is 2.77. The third kappa shape index (κ3) is 3.25. The minimum Gasteiger partial charge on any atom is -0.477 e. The van der Waals surface area contributed by atoms with Crippen molar-refractivity contribution >= 4 is 25.2 Å². The zero-order valence-corrected chi connectivity index (χ0v) is 15.0. The number of aromatic nitrogens is 1. The smallest absolute Gasteiger partial charge is 0.352 e. The Bertz CT molecular complexity index is 683. The SMILES string of the molecule is CC(C)(C)[Si](C)(C)OCCn1c(C(=O)O)cc2ccccc21. The Morgan fingerprint density at radius 3 is 2.50 bits per heavy atom. The van der Waals surface area contributed by atoms with Crippen LogP contribution in [0.2, 0.25) is 18.1 Å². The minimum atomic E-state index is -1.81. The molecule has 4 nitrogen and oxygen atoms in total. The maximum Gasteiger partial charge on any atom is 0.352 e. The summed E-state index contributed by atoms with van der Waals surface area (Å²) in [5, 5.41) is 10.5. The first-order chi connectivity index (χ1) is 10.1. The van der Waals surface area contributed by atoms with Crippen LogP contribution in [0.1, 0.15) is 31.3 Å². The third-order valence-corrected chi connectivity index (χ3v) is 9.15. The Morgan fingerprint density at radius 2 is 1.91 bits per heavy atom. The predicted octanol–water partition coefficient (Wildman–Crippen LogP) is 4.36. The first-order valence-electron chi connectivity index (χ1n) is 7.59. The molecule has 0 aliphatic rings. The molecule has 1 heterocycles. The first kappa shape index (κ1) is 16.8. The summed E-state index contributed by atoms with van der Waals surface area (Å²) in [6, 6.07) is 9.47. The van der Waals surface area contributed by atoms with Crippen molar-refractivity contribution in [3.63, 3.8) is 0 Å². The Morgan fingerprint density at radius 1 is 1.27 bits per heavy atom. The Hall–Kier alpha value is -1.59. The van der Waals surface area contributed by atoms with Crippen molar-refractivity contribution in [3.05, 3.63) is 36.0 Å². The van der Waals surface area contributed by atoms with Crippen molar-refractivity contribution < 1.29 is 14.3 Å². The van der Waals surface area contributed by atoms with Crippen LogP contribution in [-0.4, -0.2) is 30.6 Å². The van der Waals surface area contributed by atoms with Crippen LogP contribution in [0.3, 0.4) is 0 Å². The fraction of sp³-hybridized carbons (Fsp3) is 0.471. The van der Waals surface area contributed by atoms with Crippen molar-refractivity contribution in [1.29, 1.82) is 0 Å². The Balaban J connectivity index is 2.21. The first-order valence-corrected chi connectivity index (χ1v) is 10.5. The molecule has 2 aromatic rings. The van der Waals surface area contributed by atoms with Crippen molar-refractivity contribution in [2.45, 2.75) is 45.4 Å². The van der Waals surface area contributed by atoms with E-state index in [9.17, 15) is 9.90 Å². The molecule has 0 saturated carbocycles. The van der Waals surface area contributed by atoms with Gasteiger partial charge in [-0.2, -0.15) is 0 Å². The summed E-state index contributed by atoms with van der Waals surface area (Å²) < 4.78 is 8.01.